The van der Waals surface area contributed by atoms with Gasteiger partial charge in [0.25, 0.3) is 0 Å². The summed E-state index contributed by atoms with van der Waals surface area (Å²) in [5.74, 6) is 0.331. The van der Waals surface area contributed by atoms with Gasteiger partial charge in [-0.3, -0.25) is 4.79 Å². The lowest BCUT2D eigenvalue weighted by Gasteiger charge is -2.14. The molecule has 1 amide bonds. The highest BCUT2D eigenvalue weighted by Gasteiger charge is 2.12. The number of furan rings is 1. The first kappa shape index (κ1) is 15.6. The van der Waals surface area contributed by atoms with Crippen molar-refractivity contribution in [1.29, 1.82) is 0 Å². The number of rotatable bonds is 7. The molecule has 0 bridgehead atoms. The van der Waals surface area contributed by atoms with E-state index < -0.39 is 0 Å². The topological polar surface area (TPSA) is 62.5 Å². The molecule has 0 fully saturated rings. The summed E-state index contributed by atoms with van der Waals surface area (Å²) in [6.07, 6.45) is 3.67. The van der Waals surface area contributed by atoms with Crippen molar-refractivity contribution in [2.75, 3.05) is 13.2 Å². The number of hydrogen-bond acceptors (Lipinski definition) is 3. The van der Waals surface area contributed by atoms with Crippen LogP contribution < -0.4 is 5.32 Å². The van der Waals surface area contributed by atoms with Gasteiger partial charge in [-0.25, -0.2) is 0 Å². The van der Waals surface area contributed by atoms with Gasteiger partial charge in [0.05, 0.1) is 12.7 Å². The Bertz CT molecular complexity index is 603. The lowest BCUT2D eigenvalue weighted by atomic mass is 10.0. The minimum absolute atomic E-state index is 0.00494. The minimum atomic E-state index is -0.00494. The minimum Gasteiger partial charge on any atom is -0.464 e. The summed E-state index contributed by atoms with van der Waals surface area (Å²) >= 11 is 0. The Balaban J connectivity index is 1.95. The van der Waals surface area contributed by atoms with E-state index >= 15 is 0 Å². The van der Waals surface area contributed by atoms with Gasteiger partial charge in [0.15, 0.2) is 0 Å². The maximum Gasteiger partial charge on any atom is 0.224 e. The largest absolute Gasteiger partial charge is 0.464 e. The smallest absolute Gasteiger partial charge is 0.224 e. The summed E-state index contributed by atoms with van der Waals surface area (Å²) < 4.78 is 5.50. The second-order valence-electron chi connectivity index (χ2n) is 5.53. The van der Waals surface area contributed by atoms with Crippen LogP contribution in [0.4, 0.5) is 0 Å². The molecule has 0 spiro atoms. The van der Waals surface area contributed by atoms with Gasteiger partial charge in [-0.05, 0) is 30.9 Å². The zero-order valence-corrected chi connectivity index (χ0v) is 12.7. The molecule has 0 saturated carbocycles. The van der Waals surface area contributed by atoms with E-state index in [1.807, 2.05) is 25.1 Å². The van der Waals surface area contributed by atoms with Gasteiger partial charge in [0, 0.05) is 24.1 Å². The molecule has 1 unspecified atom stereocenters. The molecule has 21 heavy (non-hydrogen) atoms. The molecule has 0 aliphatic carbocycles. The molecule has 2 rings (SSSR count). The van der Waals surface area contributed by atoms with Crippen LogP contribution in [0.5, 0.6) is 0 Å². The van der Waals surface area contributed by atoms with E-state index in [0.29, 0.717) is 18.9 Å². The zero-order chi connectivity index (χ0) is 15.2. The van der Waals surface area contributed by atoms with Crippen molar-refractivity contribution in [3.05, 3.63) is 35.6 Å². The third-order valence-electron chi connectivity index (χ3n) is 3.86. The fourth-order valence-electron chi connectivity index (χ4n) is 2.45. The molecule has 4 nitrogen and oxygen atoms in total. The molecule has 0 aliphatic rings. The van der Waals surface area contributed by atoms with Crippen molar-refractivity contribution in [3.8, 4) is 0 Å². The Kier molecular flexibility index (Phi) is 5.39. The fraction of sp³-hybridized carbons (Fsp3) is 0.471. The van der Waals surface area contributed by atoms with Crippen molar-refractivity contribution in [1.82, 2.24) is 5.32 Å². The number of aliphatic hydroxyl groups excluding tert-OH is 1. The maximum absolute atomic E-state index is 12.0. The highest BCUT2D eigenvalue weighted by atomic mass is 16.3. The molecule has 0 radical (unpaired) electrons. The van der Waals surface area contributed by atoms with Gasteiger partial charge in [0.1, 0.15) is 5.58 Å². The van der Waals surface area contributed by atoms with Crippen molar-refractivity contribution < 1.29 is 14.3 Å². The second-order valence-corrected chi connectivity index (χ2v) is 5.53. The third-order valence-corrected chi connectivity index (χ3v) is 3.86. The van der Waals surface area contributed by atoms with Crippen LogP contribution in [-0.4, -0.2) is 24.2 Å². The first-order chi connectivity index (χ1) is 10.1. The molecule has 114 valence electrons. The Hall–Kier alpha value is -1.81. The van der Waals surface area contributed by atoms with Crippen LogP contribution in [0.25, 0.3) is 11.0 Å². The number of benzene rings is 1. The summed E-state index contributed by atoms with van der Waals surface area (Å²) in [6, 6.07) is 6.00. The molecular weight excluding hydrogens is 266 g/mol. The Morgan fingerprint density at radius 2 is 2.24 bits per heavy atom. The van der Waals surface area contributed by atoms with Gasteiger partial charge >= 0.3 is 0 Å². The molecule has 1 aromatic carbocycles. The quantitative estimate of drug-likeness (QED) is 0.824. The van der Waals surface area contributed by atoms with E-state index in [9.17, 15) is 4.79 Å². The summed E-state index contributed by atoms with van der Waals surface area (Å²) in [6.45, 7) is 4.86. The number of aryl methyl sites for hydroxylation is 1. The number of carbonyl (C=O) groups excluding carboxylic acids is 1. The summed E-state index contributed by atoms with van der Waals surface area (Å²) in [7, 11) is 0. The zero-order valence-electron chi connectivity index (χ0n) is 12.7. The summed E-state index contributed by atoms with van der Waals surface area (Å²) in [5.41, 5.74) is 2.88. The monoisotopic (exact) mass is 289 g/mol. The summed E-state index contributed by atoms with van der Waals surface area (Å²) in [5, 5.41) is 12.9. The van der Waals surface area contributed by atoms with E-state index in [0.717, 1.165) is 34.9 Å². The van der Waals surface area contributed by atoms with Crippen molar-refractivity contribution in [2.24, 2.45) is 5.92 Å². The molecule has 0 saturated heterocycles. The average Bonchev–Trinajstić information content (AvgIpc) is 2.85. The van der Waals surface area contributed by atoms with Crippen LogP contribution in [0.3, 0.4) is 0 Å². The van der Waals surface area contributed by atoms with E-state index in [1.54, 1.807) is 6.26 Å². The lowest BCUT2D eigenvalue weighted by molar-refractivity contribution is -0.120. The van der Waals surface area contributed by atoms with E-state index in [1.165, 1.54) is 0 Å². The lowest BCUT2D eigenvalue weighted by Crippen LogP contribution is -2.30. The van der Waals surface area contributed by atoms with Crippen LogP contribution in [-0.2, 0) is 11.2 Å². The SMILES string of the molecule is CCC(CCO)CNC(=O)Cc1coc2cc(C)ccc12. The number of aliphatic hydroxyl groups is 1. The van der Waals surface area contributed by atoms with Gasteiger partial charge in [-0.2, -0.15) is 0 Å². The van der Waals surface area contributed by atoms with Gasteiger partial charge in [0.2, 0.25) is 5.91 Å². The van der Waals surface area contributed by atoms with Gasteiger partial charge in [-0.1, -0.05) is 25.5 Å². The maximum atomic E-state index is 12.0. The normalized spacial score (nSPS) is 12.5. The highest BCUT2D eigenvalue weighted by Crippen LogP contribution is 2.22. The van der Waals surface area contributed by atoms with Crippen molar-refractivity contribution in [2.45, 2.75) is 33.1 Å². The Labute approximate surface area is 125 Å². The standard InChI is InChI=1S/C17H23NO3/c1-3-13(6-7-19)10-18-17(20)9-14-11-21-16-8-12(2)4-5-15(14)16/h4-5,8,11,13,19H,3,6-7,9-10H2,1-2H3,(H,18,20). The molecule has 2 aromatic rings. The van der Waals surface area contributed by atoms with E-state index in [4.69, 9.17) is 9.52 Å². The molecule has 1 aromatic heterocycles. The molecule has 1 heterocycles. The Morgan fingerprint density at radius 3 is 2.95 bits per heavy atom. The molecule has 0 aliphatic heterocycles. The predicted octanol–water partition coefficient (Wildman–Crippen LogP) is 2.81. The number of hydrogen-bond donors (Lipinski definition) is 2. The number of carbonyl (C=O) groups is 1. The van der Waals surface area contributed by atoms with Gasteiger partial charge in [-0.15, -0.1) is 0 Å². The fourth-order valence-corrected chi connectivity index (χ4v) is 2.45. The van der Waals surface area contributed by atoms with Crippen LogP contribution >= 0.6 is 0 Å². The van der Waals surface area contributed by atoms with Gasteiger partial charge < -0.3 is 14.8 Å². The van der Waals surface area contributed by atoms with Crippen LogP contribution in [0.1, 0.15) is 30.9 Å². The van der Waals surface area contributed by atoms with Crippen molar-refractivity contribution >= 4 is 16.9 Å². The molecular formula is C17H23NO3. The number of fused-ring (bicyclic) bond motifs is 1. The Morgan fingerprint density at radius 1 is 1.43 bits per heavy atom. The summed E-state index contributed by atoms with van der Waals surface area (Å²) in [4.78, 5) is 12.0. The first-order valence-electron chi connectivity index (χ1n) is 7.48. The highest BCUT2D eigenvalue weighted by molar-refractivity contribution is 5.87. The first-order valence-corrected chi connectivity index (χ1v) is 7.48. The van der Waals surface area contributed by atoms with Crippen LogP contribution in [0.15, 0.2) is 28.9 Å². The van der Waals surface area contributed by atoms with Crippen molar-refractivity contribution in [3.63, 3.8) is 0 Å². The molecule has 2 N–H and O–H groups in total. The number of amides is 1. The van der Waals surface area contributed by atoms with Crippen LogP contribution in [0, 0.1) is 12.8 Å². The van der Waals surface area contributed by atoms with E-state index in [2.05, 4.69) is 12.2 Å². The molecule has 4 heteroatoms. The van der Waals surface area contributed by atoms with Crippen LogP contribution in [0.2, 0.25) is 0 Å². The molecule has 1 atom stereocenters. The predicted molar refractivity (Wildman–Crippen MR) is 83.1 cm³/mol. The number of nitrogens with one attached hydrogen (secondary N) is 1. The average molecular weight is 289 g/mol. The second kappa shape index (κ2) is 7.27. The van der Waals surface area contributed by atoms with E-state index in [-0.39, 0.29) is 12.5 Å². The third kappa shape index (κ3) is 4.08.